The summed E-state index contributed by atoms with van der Waals surface area (Å²) >= 11 is 0. The van der Waals surface area contributed by atoms with Crippen molar-refractivity contribution in [2.75, 3.05) is 10.6 Å². The van der Waals surface area contributed by atoms with Crippen molar-refractivity contribution in [2.24, 2.45) is 0 Å². The molecule has 0 spiro atoms. The maximum atomic E-state index is 12.3. The van der Waals surface area contributed by atoms with E-state index >= 15 is 0 Å². The molecule has 0 fully saturated rings. The minimum Gasteiger partial charge on any atom is -0.489 e. The molecule has 0 aromatic heterocycles. The third kappa shape index (κ3) is 5.51. The average Bonchev–Trinajstić information content (AvgIpc) is 2.65. The van der Waals surface area contributed by atoms with Crippen LogP contribution in [0, 0.1) is 0 Å². The van der Waals surface area contributed by atoms with E-state index in [9.17, 15) is 4.79 Å². The molecule has 27 heavy (non-hydrogen) atoms. The smallest absolute Gasteiger partial charge is 0.323 e. The largest absolute Gasteiger partial charge is 0.489 e. The number of carbonyl (C=O) groups excluding carboxylic acids is 1. The summed E-state index contributed by atoms with van der Waals surface area (Å²) in [5.74, 6) is 2.09. The predicted octanol–water partition coefficient (Wildman–Crippen LogP) is 5.91. The summed E-state index contributed by atoms with van der Waals surface area (Å²) in [4.78, 5) is 12.3. The van der Waals surface area contributed by atoms with Gasteiger partial charge >= 0.3 is 6.03 Å². The molecule has 3 rings (SSSR count). The molecule has 3 aromatic rings. The number of para-hydroxylation sites is 3. The van der Waals surface area contributed by atoms with Crippen LogP contribution in [0.3, 0.4) is 0 Å². The Hall–Kier alpha value is -3.47. The predicted molar refractivity (Wildman–Crippen MR) is 108 cm³/mol. The van der Waals surface area contributed by atoms with Crippen molar-refractivity contribution < 1.29 is 14.3 Å². The van der Waals surface area contributed by atoms with Gasteiger partial charge in [-0.05, 0) is 62.4 Å². The Morgan fingerprint density at radius 1 is 0.778 bits per heavy atom. The van der Waals surface area contributed by atoms with Crippen LogP contribution in [-0.4, -0.2) is 12.1 Å². The zero-order chi connectivity index (χ0) is 19.1. The summed E-state index contributed by atoms with van der Waals surface area (Å²) in [6.07, 6.45) is 0.0215. The van der Waals surface area contributed by atoms with Crippen molar-refractivity contribution >= 4 is 17.4 Å². The molecule has 0 atom stereocenters. The average molecular weight is 362 g/mol. The fraction of sp³-hybridized carbons (Fsp3) is 0.136. The molecule has 5 nitrogen and oxygen atoms in total. The lowest BCUT2D eigenvalue weighted by Gasteiger charge is -2.15. The van der Waals surface area contributed by atoms with Crippen molar-refractivity contribution in [1.29, 1.82) is 0 Å². The third-order valence-electron chi connectivity index (χ3n) is 3.59. The Morgan fingerprint density at radius 3 is 2.11 bits per heavy atom. The summed E-state index contributed by atoms with van der Waals surface area (Å²) in [6.45, 7) is 3.88. The van der Waals surface area contributed by atoms with Gasteiger partial charge < -0.3 is 20.1 Å². The molecule has 5 heteroatoms. The SMILES string of the molecule is CC(C)Oc1ccccc1NC(=O)Nc1ccc(Oc2ccccc2)cc1. The van der Waals surface area contributed by atoms with Gasteiger partial charge in [-0.3, -0.25) is 0 Å². The Kier molecular flexibility index (Phi) is 5.94. The van der Waals surface area contributed by atoms with Gasteiger partial charge in [0.15, 0.2) is 0 Å². The number of hydrogen-bond donors (Lipinski definition) is 2. The van der Waals surface area contributed by atoms with Gasteiger partial charge in [-0.25, -0.2) is 4.79 Å². The summed E-state index contributed by atoms with van der Waals surface area (Å²) in [5.41, 5.74) is 1.28. The van der Waals surface area contributed by atoms with Gasteiger partial charge in [-0.15, -0.1) is 0 Å². The quantitative estimate of drug-likeness (QED) is 0.573. The number of rotatable bonds is 6. The van der Waals surface area contributed by atoms with E-state index in [-0.39, 0.29) is 12.1 Å². The first-order valence-corrected chi connectivity index (χ1v) is 8.77. The van der Waals surface area contributed by atoms with Crippen LogP contribution in [0.25, 0.3) is 0 Å². The van der Waals surface area contributed by atoms with Gasteiger partial charge in [-0.1, -0.05) is 30.3 Å². The van der Waals surface area contributed by atoms with Crippen LogP contribution in [0.1, 0.15) is 13.8 Å². The molecule has 138 valence electrons. The van der Waals surface area contributed by atoms with E-state index < -0.39 is 0 Å². The number of urea groups is 1. The first-order chi connectivity index (χ1) is 13.1. The van der Waals surface area contributed by atoms with Crippen LogP contribution in [0.2, 0.25) is 0 Å². The van der Waals surface area contributed by atoms with Crippen molar-refractivity contribution in [1.82, 2.24) is 0 Å². The molecule has 0 aliphatic heterocycles. The number of ether oxygens (including phenoxy) is 2. The van der Waals surface area contributed by atoms with Crippen LogP contribution >= 0.6 is 0 Å². The number of nitrogens with one attached hydrogen (secondary N) is 2. The van der Waals surface area contributed by atoms with E-state index in [0.717, 1.165) is 5.75 Å². The molecule has 0 aliphatic carbocycles. The maximum absolute atomic E-state index is 12.3. The van der Waals surface area contributed by atoms with Crippen molar-refractivity contribution in [3.05, 3.63) is 78.9 Å². The fourth-order valence-corrected chi connectivity index (χ4v) is 2.44. The number of benzene rings is 3. The Balaban J connectivity index is 1.60. The fourth-order valence-electron chi connectivity index (χ4n) is 2.44. The topological polar surface area (TPSA) is 59.6 Å². The summed E-state index contributed by atoms with van der Waals surface area (Å²) in [6, 6.07) is 23.7. The Labute approximate surface area is 158 Å². The first-order valence-electron chi connectivity index (χ1n) is 8.77. The molecule has 0 bridgehead atoms. The van der Waals surface area contributed by atoms with Crippen LogP contribution in [-0.2, 0) is 0 Å². The molecule has 3 aromatic carbocycles. The number of hydrogen-bond acceptors (Lipinski definition) is 3. The molecule has 0 unspecified atom stereocenters. The lowest BCUT2D eigenvalue weighted by molar-refractivity contribution is 0.243. The molecule has 0 saturated carbocycles. The van der Waals surface area contributed by atoms with Gasteiger partial charge in [0.2, 0.25) is 0 Å². The Bertz CT molecular complexity index is 878. The molecule has 0 aliphatic rings. The van der Waals surface area contributed by atoms with E-state index in [1.54, 1.807) is 30.3 Å². The highest BCUT2D eigenvalue weighted by atomic mass is 16.5. The molecule has 2 N–H and O–H groups in total. The van der Waals surface area contributed by atoms with Crippen molar-refractivity contribution in [2.45, 2.75) is 20.0 Å². The van der Waals surface area contributed by atoms with Gasteiger partial charge in [0, 0.05) is 5.69 Å². The van der Waals surface area contributed by atoms with Crippen molar-refractivity contribution in [3.8, 4) is 17.2 Å². The second-order valence-corrected chi connectivity index (χ2v) is 6.18. The second-order valence-electron chi connectivity index (χ2n) is 6.18. The van der Waals surface area contributed by atoms with E-state index in [1.165, 1.54) is 0 Å². The van der Waals surface area contributed by atoms with Gasteiger partial charge in [0.1, 0.15) is 17.2 Å². The highest BCUT2D eigenvalue weighted by Gasteiger charge is 2.09. The van der Waals surface area contributed by atoms with Crippen LogP contribution in [0.15, 0.2) is 78.9 Å². The monoisotopic (exact) mass is 362 g/mol. The van der Waals surface area contributed by atoms with E-state index in [4.69, 9.17) is 9.47 Å². The minimum absolute atomic E-state index is 0.0215. The van der Waals surface area contributed by atoms with Crippen LogP contribution in [0.5, 0.6) is 17.2 Å². The minimum atomic E-state index is -0.341. The highest BCUT2D eigenvalue weighted by Crippen LogP contribution is 2.26. The molecular weight excluding hydrogens is 340 g/mol. The summed E-state index contributed by atoms with van der Waals surface area (Å²) in [5, 5.41) is 5.61. The normalized spacial score (nSPS) is 10.3. The standard InChI is InChI=1S/C22H22N2O3/c1-16(2)26-21-11-7-6-10-20(21)24-22(25)23-17-12-14-19(15-13-17)27-18-8-4-3-5-9-18/h3-16H,1-2H3,(H2,23,24,25). The second kappa shape index (κ2) is 8.76. The molecular formula is C22H22N2O3. The van der Waals surface area contributed by atoms with Crippen molar-refractivity contribution in [3.63, 3.8) is 0 Å². The molecule has 0 radical (unpaired) electrons. The first kappa shape index (κ1) is 18.3. The molecule has 0 saturated heterocycles. The Morgan fingerprint density at radius 2 is 1.41 bits per heavy atom. The lowest BCUT2D eigenvalue weighted by Crippen LogP contribution is -2.20. The van der Waals surface area contributed by atoms with Crippen LogP contribution < -0.4 is 20.1 Å². The van der Waals surface area contributed by atoms with Crippen LogP contribution in [0.4, 0.5) is 16.2 Å². The van der Waals surface area contributed by atoms with Gasteiger partial charge in [0.05, 0.1) is 11.8 Å². The van der Waals surface area contributed by atoms with E-state index in [1.807, 2.05) is 62.4 Å². The van der Waals surface area contributed by atoms with E-state index in [0.29, 0.717) is 22.9 Å². The maximum Gasteiger partial charge on any atom is 0.323 e. The summed E-state index contributed by atoms with van der Waals surface area (Å²) in [7, 11) is 0. The zero-order valence-corrected chi connectivity index (χ0v) is 15.3. The highest BCUT2D eigenvalue weighted by molar-refractivity contribution is 6.00. The summed E-state index contributed by atoms with van der Waals surface area (Å²) < 4.78 is 11.5. The third-order valence-corrected chi connectivity index (χ3v) is 3.59. The zero-order valence-electron chi connectivity index (χ0n) is 15.3. The lowest BCUT2D eigenvalue weighted by atomic mass is 10.3. The number of carbonyl (C=O) groups is 1. The number of amides is 2. The van der Waals surface area contributed by atoms with Gasteiger partial charge in [-0.2, -0.15) is 0 Å². The van der Waals surface area contributed by atoms with E-state index in [2.05, 4.69) is 10.6 Å². The van der Waals surface area contributed by atoms with Gasteiger partial charge in [0.25, 0.3) is 0 Å². The number of anilines is 2. The molecule has 0 heterocycles. The molecule has 2 amide bonds.